The smallest absolute Gasteiger partial charge is 0.165 e. The van der Waals surface area contributed by atoms with Gasteiger partial charge in [-0.15, -0.1) is 5.10 Å². The van der Waals surface area contributed by atoms with Gasteiger partial charge in [-0.25, -0.2) is 4.68 Å². The fourth-order valence-electron chi connectivity index (χ4n) is 4.02. The van der Waals surface area contributed by atoms with E-state index in [-0.39, 0.29) is 0 Å². The minimum absolute atomic E-state index is 0.594. The van der Waals surface area contributed by atoms with Crippen LogP contribution in [0.25, 0.3) is 0 Å². The minimum atomic E-state index is 0.594. The average Bonchev–Trinajstić information content (AvgIpc) is 3.20. The summed E-state index contributed by atoms with van der Waals surface area (Å²) in [5.74, 6) is 2.03. The molecule has 1 aromatic heterocycles. The van der Waals surface area contributed by atoms with Crippen LogP contribution in [-0.4, -0.2) is 37.7 Å². The number of hydrogen-bond acceptors (Lipinski definition) is 4. The average molecular weight is 261 g/mol. The third kappa shape index (κ3) is 2.29. The first-order valence-corrected chi connectivity index (χ1v) is 7.92. The van der Waals surface area contributed by atoms with Gasteiger partial charge < -0.3 is 0 Å². The number of hydrogen-bond donors (Lipinski definition) is 0. The number of likely N-dealkylation sites (tertiary alicyclic amines) is 1. The molecule has 0 N–H and O–H groups in total. The summed E-state index contributed by atoms with van der Waals surface area (Å²) >= 11 is 0. The number of aromatic nitrogens is 4. The molecule has 19 heavy (non-hydrogen) atoms. The molecule has 2 atom stereocenters. The maximum Gasteiger partial charge on any atom is 0.165 e. The summed E-state index contributed by atoms with van der Waals surface area (Å²) in [6, 6.07) is 1.39. The second-order valence-corrected chi connectivity index (χ2v) is 6.50. The van der Waals surface area contributed by atoms with Gasteiger partial charge in [-0.3, -0.25) is 4.90 Å². The van der Waals surface area contributed by atoms with Crippen molar-refractivity contribution >= 4 is 0 Å². The van der Waals surface area contributed by atoms with Gasteiger partial charge in [0.2, 0.25) is 0 Å². The molecule has 5 heteroatoms. The van der Waals surface area contributed by atoms with Crippen molar-refractivity contribution < 1.29 is 0 Å². The van der Waals surface area contributed by atoms with E-state index in [4.69, 9.17) is 0 Å². The van der Waals surface area contributed by atoms with Gasteiger partial charge in [-0.1, -0.05) is 12.8 Å². The second-order valence-electron chi connectivity index (χ2n) is 6.50. The van der Waals surface area contributed by atoms with Gasteiger partial charge in [-0.2, -0.15) is 0 Å². The van der Waals surface area contributed by atoms with Crippen LogP contribution in [-0.2, 0) is 6.54 Å². The summed E-state index contributed by atoms with van der Waals surface area (Å²) in [4.78, 5) is 2.66. The molecule has 0 unspecified atom stereocenters. The van der Waals surface area contributed by atoms with Gasteiger partial charge in [-0.05, 0) is 61.4 Å². The topological polar surface area (TPSA) is 46.8 Å². The Labute approximate surface area is 114 Å². The summed E-state index contributed by atoms with van der Waals surface area (Å²) in [6.45, 7) is 2.20. The molecule has 0 spiro atoms. The zero-order chi connectivity index (χ0) is 12.7. The van der Waals surface area contributed by atoms with Crippen LogP contribution in [0.2, 0.25) is 0 Å². The van der Waals surface area contributed by atoms with E-state index in [1.807, 2.05) is 0 Å². The Hall–Kier alpha value is -0.970. The Balaban J connectivity index is 1.49. The number of tetrazole rings is 1. The maximum absolute atomic E-state index is 4.27. The molecule has 104 valence electrons. The van der Waals surface area contributed by atoms with Crippen molar-refractivity contribution in [1.29, 1.82) is 0 Å². The van der Waals surface area contributed by atoms with E-state index in [1.54, 1.807) is 0 Å². The van der Waals surface area contributed by atoms with E-state index >= 15 is 0 Å². The molecule has 3 aliphatic rings. The number of rotatable bonds is 3. The summed E-state index contributed by atoms with van der Waals surface area (Å²) < 4.78 is 2.08. The molecular weight excluding hydrogens is 238 g/mol. The quantitative estimate of drug-likeness (QED) is 0.836. The van der Waals surface area contributed by atoms with Crippen LogP contribution in [0.4, 0.5) is 0 Å². The van der Waals surface area contributed by atoms with Crippen molar-refractivity contribution in [3.8, 4) is 0 Å². The highest BCUT2D eigenvalue weighted by molar-refractivity contribution is 4.94. The Morgan fingerprint density at radius 2 is 1.84 bits per heavy atom. The lowest BCUT2D eigenvalue weighted by molar-refractivity contribution is 0.0515. The highest BCUT2D eigenvalue weighted by Crippen LogP contribution is 2.37. The van der Waals surface area contributed by atoms with Crippen LogP contribution >= 0.6 is 0 Å². The zero-order valence-corrected chi connectivity index (χ0v) is 11.5. The molecule has 2 aliphatic carbocycles. The molecule has 2 heterocycles. The van der Waals surface area contributed by atoms with Crippen LogP contribution in [0.1, 0.15) is 63.2 Å². The second kappa shape index (κ2) is 4.85. The van der Waals surface area contributed by atoms with E-state index in [1.165, 1.54) is 57.9 Å². The maximum atomic E-state index is 4.27. The van der Waals surface area contributed by atoms with Gasteiger partial charge in [0.15, 0.2) is 5.82 Å². The fourth-order valence-corrected chi connectivity index (χ4v) is 4.02. The molecule has 0 amide bonds. The number of nitrogens with zero attached hydrogens (tertiary/aromatic N) is 5. The minimum Gasteiger partial charge on any atom is -0.293 e. The molecule has 1 saturated heterocycles. The van der Waals surface area contributed by atoms with Gasteiger partial charge in [0.05, 0.1) is 12.6 Å². The molecule has 2 saturated carbocycles. The van der Waals surface area contributed by atoms with Gasteiger partial charge in [0, 0.05) is 6.04 Å². The van der Waals surface area contributed by atoms with Crippen LogP contribution in [0.15, 0.2) is 0 Å². The summed E-state index contributed by atoms with van der Waals surface area (Å²) in [6.07, 6.45) is 11.0. The summed E-state index contributed by atoms with van der Waals surface area (Å²) in [5, 5.41) is 12.3. The fraction of sp³-hybridized carbons (Fsp3) is 0.929. The largest absolute Gasteiger partial charge is 0.293 e. The zero-order valence-electron chi connectivity index (χ0n) is 11.5. The molecule has 1 aromatic rings. The van der Waals surface area contributed by atoms with Crippen molar-refractivity contribution in [2.75, 3.05) is 6.54 Å². The van der Waals surface area contributed by atoms with E-state index < -0.39 is 0 Å². The molecule has 1 aliphatic heterocycles. The summed E-state index contributed by atoms with van der Waals surface area (Å²) in [5.41, 5.74) is 0. The molecule has 0 radical (unpaired) electrons. The van der Waals surface area contributed by atoms with Crippen LogP contribution in [0.3, 0.4) is 0 Å². The van der Waals surface area contributed by atoms with Crippen LogP contribution in [0.5, 0.6) is 0 Å². The van der Waals surface area contributed by atoms with Crippen molar-refractivity contribution in [3.05, 3.63) is 5.82 Å². The molecule has 5 nitrogen and oxygen atoms in total. The van der Waals surface area contributed by atoms with Crippen molar-refractivity contribution in [2.24, 2.45) is 5.92 Å². The Bertz CT molecular complexity index is 437. The third-order valence-corrected chi connectivity index (χ3v) is 5.16. The van der Waals surface area contributed by atoms with Crippen LogP contribution < -0.4 is 0 Å². The van der Waals surface area contributed by atoms with E-state index in [9.17, 15) is 0 Å². The highest BCUT2D eigenvalue weighted by Gasteiger charge is 2.35. The lowest BCUT2D eigenvalue weighted by Crippen LogP contribution is -2.46. The van der Waals surface area contributed by atoms with E-state index in [2.05, 4.69) is 25.1 Å². The van der Waals surface area contributed by atoms with Crippen molar-refractivity contribution in [3.63, 3.8) is 0 Å². The highest BCUT2D eigenvalue weighted by atomic mass is 15.6. The number of piperidine rings is 1. The molecule has 3 fully saturated rings. The van der Waals surface area contributed by atoms with Gasteiger partial charge in [0.1, 0.15) is 0 Å². The predicted molar refractivity (Wildman–Crippen MR) is 71.5 cm³/mol. The van der Waals surface area contributed by atoms with Gasteiger partial charge >= 0.3 is 0 Å². The van der Waals surface area contributed by atoms with Gasteiger partial charge in [0.25, 0.3) is 0 Å². The lowest BCUT2D eigenvalue weighted by atomic mass is 9.78. The molecule has 0 bridgehead atoms. The lowest BCUT2D eigenvalue weighted by Gasteiger charge is -2.43. The van der Waals surface area contributed by atoms with E-state index in [0.29, 0.717) is 6.04 Å². The molecule has 0 aromatic carbocycles. The monoisotopic (exact) mass is 261 g/mol. The molecular formula is C14H23N5. The van der Waals surface area contributed by atoms with Crippen molar-refractivity contribution in [1.82, 2.24) is 25.1 Å². The Morgan fingerprint density at radius 3 is 2.74 bits per heavy atom. The summed E-state index contributed by atoms with van der Waals surface area (Å²) in [7, 11) is 0. The number of fused-ring (bicyclic) bond motifs is 1. The standard InChI is InChI=1S/C14H23N5/c1-2-6-13-11(4-1)5-3-9-18(13)10-14-15-16-17-19(14)12-7-8-12/h11-13H,1-10H2/t11-,13-/m1/s1. The van der Waals surface area contributed by atoms with E-state index in [0.717, 1.165) is 24.3 Å². The Morgan fingerprint density at radius 1 is 1.00 bits per heavy atom. The predicted octanol–water partition coefficient (Wildman–Crippen LogP) is 2.16. The van der Waals surface area contributed by atoms with Crippen molar-refractivity contribution in [2.45, 2.75) is 70.0 Å². The Kier molecular flexibility index (Phi) is 3.02. The van der Waals surface area contributed by atoms with Crippen LogP contribution in [0, 0.1) is 5.92 Å². The third-order valence-electron chi connectivity index (χ3n) is 5.16. The normalized spacial score (nSPS) is 32.2. The first kappa shape index (κ1) is 11.8. The first-order chi connectivity index (χ1) is 9.42. The SMILES string of the molecule is C1CC[C@@H]2[C@H](C1)CCCN2Cc1nnnn1C1CC1. The molecule has 4 rings (SSSR count). The first-order valence-electron chi connectivity index (χ1n) is 7.92.